The van der Waals surface area contributed by atoms with E-state index in [1.807, 2.05) is 12.1 Å². The summed E-state index contributed by atoms with van der Waals surface area (Å²) in [4.78, 5) is 0. The van der Waals surface area contributed by atoms with Gasteiger partial charge in [0.1, 0.15) is 0 Å². The minimum Gasteiger partial charge on any atom is -0.494 e. The molecule has 100 valence electrons. The third-order valence-electron chi connectivity index (χ3n) is 2.93. The molecular weight excluding hydrogens is 229 g/mol. The van der Waals surface area contributed by atoms with Gasteiger partial charge in [0.25, 0.3) is 0 Å². The smallest absolute Gasteiger partial charge is 0.165 e. The number of nitrogens with one attached hydrogen (secondary N) is 1. The molecule has 1 rings (SSSR count). The Balaban J connectivity index is 2.77. The van der Waals surface area contributed by atoms with Crippen LogP contribution in [0.1, 0.15) is 37.8 Å². The molecule has 0 aromatic heterocycles. The highest BCUT2D eigenvalue weighted by Gasteiger charge is 2.12. The van der Waals surface area contributed by atoms with Crippen molar-refractivity contribution in [1.29, 1.82) is 0 Å². The summed E-state index contributed by atoms with van der Waals surface area (Å²) < 4.78 is 18.6. The first-order valence-corrected chi connectivity index (χ1v) is 6.40. The van der Waals surface area contributed by atoms with Gasteiger partial charge in [-0.1, -0.05) is 19.1 Å². The fourth-order valence-corrected chi connectivity index (χ4v) is 2.00. The maximum atomic E-state index is 13.7. The van der Waals surface area contributed by atoms with Crippen molar-refractivity contribution in [1.82, 2.24) is 5.32 Å². The lowest BCUT2D eigenvalue weighted by molar-refractivity contribution is 0.385. The first-order chi connectivity index (χ1) is 8.72. The van der Waals surface area contributed by atoms with Crippen LogP contribution in [0.2, 0.25) is 0 Å². The lowest BCUT2D eigenvalue weighted by Crippen LogP contribution is -2.21. The van der Waals surface area contributed by atoms with Gasteiger partial charge in [0, 0.05) is 6.04 Å². The van der Waals surface area contributed by atoms with Gasteiger partial charge in [-0.2, -0.15) is 0 Å². The molecule has 1 unspecified atom stereocenters. The van der Waals surface area contributed by atoms with Gasteiger partial charge in [0.15, 0.2) is 11.6 Å². The molecule has 0 bridgehead atoms. The molecule has 0 amide bonds. The standard InChI is InChI=1S/C15H22FNO/c1-4-6-7-8-14(17-5-2)12-9-10-15(18-3)13(16)11-12/h4,9-11,14,17H,1,5-8H2,2-3H3. The Labute approximate surface area is 109 Å². The van der Waals surface area contributed by atoms with Crippen LogP contribution in [-0.2, 0) is 0 Å². The Kier molecular flexibility index (Phi) is 6.44. The first kappa shape index (κ1) is 14.7. The predicted molar refractivity (Wildman–Crippen MR) is 73.4 cm³/mol. The van der Waals surface area contributed by atoms with Crippen LogP contribution in [0.5, 0.6) is 5.75 Å². The quantitative estimate of drug-likeness (QED) is 0.560. The van der Waals surface area contributed by atoms with Gasteiger partial charge in [-0.3, -0.25) is 0 Å². The molecule has 1 N–H and O–H groups in total. The highest BCUT2D eigenvalue weighted by atomic mass is 19.1. The van der Waals surface area contributed by atoms with Crippen LogP contribution in [0.4, 0.5) is 4.39 Å². The lowest BCUT2D eigenvalue weighted by atomic mass is 10.0. The fourth-order valence-electron chi connectivity index (χ4n) is 2.00. The molecule has 0 fully saturated rings. The Bertz CT molecular complexity index is 379. The summed E-state index contributed by atoms with van der Waals surface area (Å²) in [5.74, 6) is -0.0123. The summed E-state index contributed by atoms with van der Waals surface area (Å²) in [6, 6.07) is 5.35. The largest absolute Gasteiger partial charge is 0.494 e. The van der Waals surface area contributed by atoms with E-state index in [9.17, 15) is 4.39 Å². The van der Waals surface area contributed by atoms with E-state index in [2.05, 4.69) is 18.8 Å². The van der Waals surface area contributed by atoms with Gasteiger partial charge >= 0.3 is 0 Å². The van der Waals surface area contributed by atoms with Crippen molar-refractivity contribution in [2.45, 2.75) is 32.2 Å². The Morgan fingerprint density at radius 2 is 2.28 bits per heavy atom. The van der Waals surface area contributed by atoms with E-state index in [4.69, 9.17) is 4.74 Å². The number of hydrogen-bond donors (Lipinski definition) is 1. The average molecular weight is 251 g/mol. The van der Waals surface area contributed by atoms with Gasteiger partial charge < -0.3 is 10.1 Å². The van der Waals surface area contributed by atoms with Gasteiger partial charge in [-0.05, 0) is 43.5 Å². The van der Waals surface area contributed by atoms with Crippen LogP contribution in [0.3, 0.4) is 0 Å². The number of unbranched alkanes of at least 4 members (excludes halogenated alkanes) is 1. The van der Waals surface area contributed by atoms with Crippen molar-refractivity contribution in [3.05, 3.63) is 42.2 Å². The van der Waals surface area contributed by atoms with Crippen LogP contribution >= 0.6 is 0 Å². The number of methoxy groups -OCH3 is 1. The molecular formula is C15H22FNO. The van der Waals surface area contributed by atoms with Crippen molar-refractivity contribution in [3.8, 4) is 5.75 Å². The van der Waals surface area contributed by atoms with E-state index in [0.717, 1.165) is 31.4 Å². The number of rotatable bonds is 8. The van der Waals surface area contributed by atoms with Crippen LogP contribution in [-0.4, -0.2) is 13.7 Å². The number of ether oxygens (including phenoxy) is 1. The van der Waals surface area contributed by atoms with Crippen LogP contribution in [0, 0.1) is 5.82 Å². The Hall–Kier alpha value is -1.35. The Morgan fingerprint density at radius 1 is 1.50 bits per heavy atom. The number of benzene rings is 1. The molecule has 1 aromatic rings. The minimum absolute atomic E-state index is 0.190. The molecule has 2 nitrogen and oxygen atoms in total. The van der Waals surface area contributed by atoms with Crippen LogP contribution < -0.4 is 10.1 Å². The van der Waals surface area contributed by atoms with Crippen molar-refractivity contribution in [3.63, 3.8) is 0 Å². The molecule has 0 saturated heterocycles. The summed E-state index contributed by atoms with van der Waals surface area (Å²) in [5.41, 5.74) is 0.971. The summed E-state index contributed by atoms with van der Waals surface area (Å²) >= 11 is 0. The third kappa shape index (κ3) is 4.15. The summed E-state index contributed by atoms with van der Waals surface area (Å²) in [5, 5.41) is 3.38. The predicted octanol–water partition coefficient (Wildman–Crippen LogP) is 3.84. The molecule has 0 aliphatic rings. The van der Waals surface area contributed by atoms with Crippen molar-refractivity contribution in [2.75, 3.05) is 13.7 Å². The van der Waals surface area contributed by atoms with E-state index >= 15 is 0 Å². The van der Waals surface area contributed by atoms with Crippen molar-refractivity contribution >= 4 is 0 Å². The molecule has 1 atom stereocenters. The second-order valence-corrected chi connectivity index (χ2v) is 4.22. The van der Waals surface area contributed by atoms with E-state index in [1.165, 1.54) is 7.11 Å². The van der Waals surface area contributed by atoms with Crippen LogP contribution in [0.15, 0.2) is 30.9 Å². The molecule has 0 radical (unpaired) electrons. The molecule has 18 heavy (non-hydrogen) atoms. The van der Waals surface area contributed by atoms with Gasteiger partial charge in [0.2, 0.25) is 0 Å². The molecule has 1 aromatic carbocycles. The van der Waals surface area contributed by atoms with E-state index in [0.29, 0.717) is 5.75 Å². The van der Waals surface area contributed by atoms with Gasteiger partial charge in [0.05, 0.1) is 7.11 Å². The molecule has 0 spiro atoms. The summed E-state index contributed by atoms with van der Waals surface area (Å²) in [6.45, 7) is 6.64. The Morgan fingerprint density at radius 3 is 2.83 bits per heavy atom. The SMILES string of the molecule is C=CCCCC(NCC)c1ccc(OC)c(F)c1. The molecule has 0 heterocycles. The zero-order chi connectivity index (χ0) is 13.4. The van der Waals surface area contributed by atoms with Crippen molar-refractivity contribution in [2.24, 2.45) is 0 Å². The lowest BCUT2D eigenvalue weighted by Gasteiger charge is -2.18. The molecule has 3 heteroatoms. The number of halogens is 1. The number of hydrogen-bond acceptors (Lipinski definition) is 2. The molecule has 0 saturated carbocycles. The first-order valence-electron chi connectivity index (χ1n) is 6.40. The molecule has 0 aliphatic carbocycles. The maximum absolute atomic E-state index is 13.7. The second kappa shape index (κ2) is 7.88. The third-order valence-corrected chi connectivity index (χ3v) is 2.93. The molecule has 0 aliphatic heterocycles. The zero-order valence-electron chi connectivity index (χ0n) is 11.2. The van der Waals surface area contributed by atoms with Gasteiger partial charge in [-0.15, -0.1) is 6.58 Å². The fraction of sp³-hybridized carbons (Fsp3) is 0.467. The topological polar surface area (TPSA) is 21.3 Å². The highest BCUT2D eigenvalue weighted by Crippen LogP contribution is 2.24. The van der Waals surface area contributed by atoms with Crippen molar-refractivity contribution < 1.29 is 9.13 Å². The van der Waals surface area contributed by atoms with E-state index in [1.54, 1.807) is 12.1 Å². The van der Waals surface area contributed by atoms with E-state index < -0.39 is 0 Å². The van der Waals surface area contributed by atoms with E-state index in [-0.39, 0.29) is 11.9 Å². The zero-order valence-corrected chi connectivity index (χ0v) is 11.2. The number of allylic oxidation sites excluding steroid dienone is 1. The normalized spacial score (nSPS) is 12.2. The minimum atomic E-state index is -0.304. The summed E-state index contributed by atoms with van der Waals surface area (Å²) in [7, 11) is 1.48. The highest BCUT2D eigenvalue weighted by molar-refractivity contribution is 5.31. The second-order valence-electron chi connectivity index (χ2n) is 4.22. The maximum Gasteiger partial charge on any atom is 0.165 e. The monoisotopic (exact) mass is 251 g/mol. The summed E-state index contributed by atoms with van der Waals surface area (Å²) in [6.07, 6.45) is 4.93. The van der Waals surface area contributed by atoms with Gasteiger partial charge in [-0.25, -0.2) is 4.39 Å². The average Bonchev–Trinajstić information content (AvgIpc) is 2.38. The van der Waals surface area contributed by atoms with Crippen LogP contribution in [0.25, 0.3) is 0 Å².